The number of alkyl halides is 2. The number of nitrogens with one attached hydrogen (secondary N) is 4. The first-order chi connectivity index (χ1) is 26.5. The Kier molecular flexibility index (Phi) is 14.1. The fourth-order valence-electron chi connectivity index (χ4n) is 7.47. The molecular weight excluding hydrogens is 763 g/mol. The molecule has 1 aliphatic heterocycles. The van der Waals surface area contributed by atoms with Crippen LogP contribution in [0.1, 0.15) is 70.8 Å². The van der Waals surface area contributed by atoms with E-state index in [1.165, 1.54) is 36.2 Å². The zero-order valence-electron chi connectivity index (χ0n) is 33.7. The van der Waals surface area contributed by atoms with Crippen molar-refractivity contribution < 1.29 is 46.3 Å². The molecule has 2 unspecified atom stereocenters. The number of carbonyl (C=O) groups excluding carboxylic acids is 4. The molecule has 4 rings (SSSR count). The topological polar surface area (TPSA) is 194 Å². The van der Waals surface area contributed by atoms with Crippen LogP contribution in [0.15, 0.2) is 59.5 Å². The van der Waals surface area contributed by atoms with Crippen LogP contribution in [0.5, 0.6) is 0 Å². The highest BCUT2D eigenvalue weighted by atomic mass is 32.2. The molecule has 0 spiro atoms. The van der Waals surface area contributed by atoms with Crippen LogP contribution in [0.4, 0.5) is 13.6 Å². The van der Waals surface area contributed by atoms with E-state index in [2.05, 4.69) is 21.3 Å². The van der Waals surface area contributed by atoms with E-state index in [0.717, 1.165) is 4.31 Å². The van der Waals surface area contributed by atoms with E-state index in [9.17, 15) is 41.2 Å². The highest BCUT2D eigenvalue weighted by Gasteiger charge is 2.70. The lowest BCUT2D eigenvalue weighted by Crippen LogP contribution is -2.62. The van der Waals surface area contributed by atoms with Gasteiger partial charge in [-0.25, -0.2) is 26.8 Å². The number of benzene rings is 2. The molecule has 2 aromatic carbocycles. The third kappa shape index (κ3) is 10.9. The Hall–Kier alpha value is -4.64. The van der Waals surface area contributed by atoms with Gasteiger partial charge in [0.1, 0.15) is 18.1 Å². The minimum Gasteiger partial charge on any atom is -0.478 e. The summed E-state index contributed by atoms with van der Waals surface area (Å²) in [5.41, 5.74) is -0.428. The molecule has 1 saturated heterocycles. The van der Waals surface area contributed by atoms with Crippen molar-refractivity contribution in [3.05, 3.63) is 65.7 Å². The Balaban J connectivity index is 1.47. The number of hydrogen-bond donors (Lipinski definition) is 5. The Morgan fingerprint density at radius 3 is 2.12 bits per heavy atom. The molecule has 2 aromatic rings. The predicted octanol–water partition coefficient (Wildman–Crippen LogP) is 3.73. The molecule has 14 nitrogen and oxygen atoms in total. The summed E-state index contributed by atoms with van der Waals surface area (Å²) >= 11 is 0. The molecule has 0 aromatic heterocycles. The number of carboxylic acids is 1. The van der Waals surface area contributed by atoms with Crippen molar-refractivity contribution in [3.63, 3.8) is 0 Å². The Labute approximate surface area is 333 Å². The minimum absolute atomic E-state index is 0.0322. The highest BCUT2D eigenvalue weighted by molar-refractivity contribution is 7.89. The molecule has 1 saturated carbocycles. The highest BCUT2D eigenvalue weighted by Crippen LogP contribution is 2.65. The number of sulfonamides is 1. The van der Waals surface area contributed by atoms with E-state index < -0.39 is 82.2 Å². The maximum absolute atomic E-state index is 14.4. The lowest BCUT2D eigenvalue weighted by molar-refractivity contribution is -0.144. The Morgan fingerprint density at radius 1 is 0.965 bits per heavy atom. The van der Waals surface area contributed by atoms with Crippen LogP contribution >= 0.6 is 0 Å². The molecule has 1 heterocycles. The van der Waals surface area contributed by atoms with Crippen molar-refractivity contribution in [2.45, 2.75) is 96.8 Å². The molecule has 5 amide bonds. The zero-order valence-corrected chi connectivity index (χ0v) is 34.5. The smallest absolute Gasteiger partial charge is 0.335 e. The maximum atomic E-state index is 14.4. The van der Waals surface area contributed by atoms with E-state index in [4.69, 9.17) is 5.11 Å². The first kappa shape index (κ1) is 45.1. The summed E-state index contributed by atoms with van der Waals surface area (Å²) in [5, 5.41) is 19.8. The predicted molar refractivity (Wildman–Crippen MR) is 209 cm³/mol. The Bertz CT molecular complexity index is 1890. The van der Waals surface area contributed by atoms with Gasteiger partial charge in [0.25, 0.3) is 0 Å². The van der Waals surface area contributed by atoms with Crippen molar-refractivity contribution >= 4 is 39.7 Å². The van der Waals surface area contributed by atoms with Gasteiger partial charge in [-0.3, -0.25) is 14.4 Å². The van der Waals surface area contributed by atoms with Crippen LogP contribution in [0, 0.1) is 28.6 Å². The number of aromatic carboxylic acids is 1. The summed E-state index contributed by atoms with van der Waals surface area (Å²) in [6, 6.07) is 8.65. The maximum Gasteiger partial charge on any atom is 0.335 e. The minimum atomic E-state index is -3.86. The van der Waals surface area contributed by atoms with Gasteiger partial charge in [0.2, 0.25) is 34.2 Å². The fraction of sp³-hybridized carbons (Fsp3) is 0.575. The van der Waals surface area contributed by atoms with Crippen LogP contribution in [0.25, 0.3) is 0 Å². The number of amides is 5. The second-order valence-electron chi connectivity index (χ2n) is 17.0. The lowest BCUT2D eigenvalue weighted by Gasteiger charge is -2.38. The molecule has 2 aliphatic rings. The molecule has 0 radical (unpaired) electrons. The second kappa shape index (κ2) is 17.9. The number of piperidine rings is 1. The third-order valence-corrected chi connectivity index (χ3v) is 13.0. The van der Waals surface area contributed by atoms with Crippen molar-refractivity contribution in [1.29, 1.82) is 0 Å². The van der Waals surface area contributed by atoms with E-state index in [1.807, 2.05) is 27.7 Å². The lowest BCUT2D eigenvalue weighted by atomic mass is 9.85. The van der Waals surface area contributed by atoms with Crippen molar-refractivity contribution in [2.24, 2.45) is 28.6 Å². The number of fused-ring (bicyclic) bond motifs is 1. The number of urea groups is 1. The molecular formula is C40H56F2N6O8S. The van der Waals surface area contributed by atoms with Crippen LogP contribution in [-0.2, 0) is 30.8 Å². The number of hydrogen-bond acceptors (Lipinski definition) is 7. The number of likely N-dealkylation sites (tertiary alicyclic amines) is 1. The number of carbonyl (C=O) groups is 5. The van der Waals surface area contributed by atoms with E-state index >= 15 is 0 Å². The van der Waals surface area contributed by atoms with Crippen molar-refractivity contribution in [3.8, 4) is 0 Å². The summed E-state index contributed by atoms with van der Waals surface area (Å²) in [6.07, 6.45) is -3.62. The van der Waals surface area contributed by atoms with Crippen LogP contribution in [0.2, 0.25) is 0 Å². The third-order valence-electron chi connectivity index (χ3n) is 11.1. The average molecular weight is 819 g/mol. The average Bonchev–Trinajstić information content (AvgIpc) is 3.42. The van der Waals surface area contributed by atoms with Gasteiger partial charge >= 0.3 is 12.0 Å². The SMILES string of the molecule is CC(C)[C@@H](CN(C)S(=O)(=O)c1ccccc1)NC(=O)N[C@H](C(=O)N1CC2C([C@H]1C(=O)N[C@@H](CC(F)F)C(=O)NCCc1ccc(C(=O)O)cc1)C2(C)C)C(C)(C)C. The monoisotopic (exact) mass is 818 g/mol. The normalized spacial score (nSPS) is 20.4. The standard InChI is InChI=1S/C40H56F2N6O8S/c1-23(2)29(22-47(8)57(55,56)26-12-10-9-11-13-26)45-38(54)46-33(39(3,4)5)36(51)48-21-27-31(40(27,6)7)32(48)35(50)44-28(20-30(41)42)34(49)43-19-18-24-14-16-25(17-15-24)37(52)53/h9-17,23,27-33H,18-22H2,1-8H3,(H,43,49)(H,44,50)(H,52,53)(H2,45,46,54)/t27?,28-,29+,31?,32-,33+/m0/s1. The molecule has 0 bridgehead atoms. The summed E-state index contributed by atoms with van der Waals surface area (Å²) in [6.45, 7) is 12.9. The molecule has 5 N–H and O–H groups in total. The number of halogens is 2. The second-order valence-corrected chi connectivity index (χ2v) is 19.0. The van der Waals surface area contributed by atoms with E-state index in [0.29, 0.717) is 5.56 Å². The van der Waals surface area contributed by atoms with Gasteiger partial charge in [0, 0.05) is 39.1 Å². The van der Waals surface area contributed by atoms with Crippen molar-refractivity contribution in [1.82, 2.24) is 30.5 Å². The van der Waals surface area contributed by atoms with Gasteiger partial charge in [-0.05, 0) is 64.8 Å². The molecule has 57 heavy (non-hydrogen) atoms. The number of carboxylic acid groups (broad SMARTS) is 1. The Morgan fingerprint density at radius 2 is 1.58 bits per heavy atom. The van der Waals surface area contributed by atoms with Crippen molar-refractivity contribution in [2.75, 3.05) is 26.7 Å². The summed E-state index contributed by atoms with van der Waals surface area (Å²) in [5.74, 6) is -3.87. The molecule has 17 heteroatoms. The van der Waals surface area contributed by atoms with Crippen LogP contribution < -0.4 is 21.3 Å². The fourth-order valence-corrected chi connectivity index (χ4v) is 8.69. The molecule has 2 fully saturated rings. The first-order valence-electron chi connectivity index (χ1n) is 19.0. The van der Waals surface area contributed by atoms with E-state index in [-0.39, 0.29) is 59.7 Å². The number of likely N-dealkylation sites (N-methyl/N-ethyl adjacent to an activating group) is 1. The molecule has 6 atom stereocenters. The van der Waals surface area contributed by atoms with Gasteiger partial charge in [-0.2, -0.15) is 4.31 Å². The molecule has 314 valence electrons. The van der Waals surface area contributed by atoms with Gasteiger partial charge in [-0.1, -0.05) is 78.8 Å². The quantitative estimate of drug-likeness (QED) is 0.159. The molecule has 1 aliphatic carbocycles. The summed E-state index contributed by atoms with van der Waals surface area (Å²) in [7, 11) is -2.44. The van der Waals surface area contributed by atoms with E-state index in [1.54, 1.807) is 51.1 Å². The van der Waals surface area contributed by atoms with Gasteiger partial charge in [-0.15, -0.1) is 0 Å². The van der Waals surface area contributed by atoms with Crippen LogP contribution in [-0.4, -0.2) is 110 Å². The number of nitrogens with zero attached hydrogens (tertiary/aromatic N) is 2. The largest absolute Gasteiger partial charge is 0.478 e. The van der Waals surface area contributed by atoms with Gasteiger partial charge < -0.3 is 31.3 Å². The first-order valence-corrected chi connectivity index (χ1v) is 20.5. The number of rotatable bonds is 17. The zero-order chi connectivity index (χ0) is 42.6. The van der Waals surface area contributed by atoms with Gasteiger partial charge in [0.15, 0.2) is 0 Å². The summed E-state index contributed by atoms with van der Waals surface area (Å²) < 4.78 is 55.1. The van der Waals surface area contributed by atoms with Crippen LogP contribution in [0.3, 0.4) is 0 Å². The summed E-state index contributed by atoms with van der Waals surface area (Å²) in [4.78, 5) is 67.8. The van der Waals surface area contributed by atoms with Gasteiger partial charge in [0.05, 0.1) is 10.5 Å².